The van der Waals surface area contributed by atoms with Crippen LogP contribution in [-0.4, -0.2) is 22.7 Å². The summed E-state index contributed by atoms with van der Waals surface area (Å²) in [5.41, 5.74) is 1.78. The van der Waals surface area contributed by atoms with Crippen LogP contribution in [0.2, 0.25) is 0 Å². The van der Waals surface area contributed by atoms with Gasteiger partial charge in [-0.05, 0) is 42.0 Å². The van der Waals surface area contributed by atoms with E-state index in [2.05, 4.69) is 5.32 Å². The summed E-state index contributed by atoms with van der Waals surface area (Å²) in [6.45, 7) is 0. The monoisotopic (exact) mass is 338 g/mol. The highest BCUT2D eigenvalue weighted by molar-refractivity contribution is 5.87. The lowest BCUT2D eigenvalue weighted by molar-refractivity contribution is 0.0695. The van der Waals surface area contributed by atoms with Crippen molar-refractivity contribution in [2.75, 3.05) is 12.4 Å². The number of carboxylic acids is 1. The highest BCUT2D eigenvalue weighted by atomic mass is 19.1. The predicted molar refractivity (Wildman–Crippen MR) is 93.9 cm³/mol. The first-order chi connectivity index (χ1) is 12.0. The molecule has 2 aromatic carbocycles. The second-order valence-corrected chi connectivity index (χ2v) is 5.42. The van der Waals surface area contributed by atoms with Gasteiger partial charge in [-0.25, -0.2) is 9.18 Å². The van der Waals surface area contributed by atoms with Crippen LogP contribution in [0.1, 0.15) is 10.4 Å². The Hall–Kier alpha value is -3.41. The maximum Gasteiger partial charge on any atom is 0.341 e. The van der Waals surface area contributed by atoms with Crippen LogP contribution >= 0.6 is 0 Å². The van der Waals surface area contributed by atoms with Gasteiger partial charge in [0, 0.05) is 30.7 Å². The van der Waals surface area contributed by atoms with Gasteiger partial charge in [0.25, 0.3) is 0 Å². The number of pyridine rings is 1. The summed E-state index contributed by atoms with van der Waals surface area (Å²) in [4.78, 5) is 23.5. The molecule has 0 spiro atoms. The average molecular weight is 338 g/mol. The molecule has 0 atom stereocenters. The Morgan fingerprint density at radius 2 is 1.72 bits per heavy atom. The minimum Gasteiger partial charge on any atom is -0.477 e. The first-order valence-corrected chi connectivity index (χ1v) is 7.54. The van der Waals surface area contributed by atoms with Crippen molar-refractivity contribution in [2.45, 2.75) is 0 Å². The van der Waals surface area contributed by atoms with Crippen LogP contribution in [-0.2, 0) is 0 Å². The summed E-state index contributed by atoms with van der Waals surface area (Å²) < 4.78 is 14.8. The minimum atomic E-state index is -1.31. The van der Waals surface area contributed by atoms with Crippen molar-refractivity contribution >= 4 is 11.7 Å². The smallest absolute Gasteiger partial charge is 0.341 e. The van der Waals surface area contributed by atoms with Crippen LogP contribution in [0.3, 0.4) is 0 Å². The quantitative estimate of drug-likeness (QED) is 0.765. The third-order valence-corrected chi connectivity index (χ3v) is 3.86. The number of carbonyl (C=O) groups is 1. The fourth-order valence-corrected chi connectivity index (χ4v) is 2.54. The Morgan fingerprint density at radius 3 is 2.28 bits per heavy atom. The third kappa shape index (κ3) is 3.28. The van der Waals surface area contributed by atoms with Crippen molar-refractivity contribution in [3.8, 4) is 16.9 Å². The molecule has 0 amide bonds. The molecule has 126 valence electrons. The van der Waals surface area contributed by atoms with Crippen molar-refractivity contribution in [1.29, 1.82) is 0 Å². The zero-order chi connectivity index (χ0) is 18.0. The number of hydrogen-bond donors (Lipinski definition) is 2. The van der Waals surface area contributed by atoms with Crippen molar-refractivity contribution in [3.05, 3.63) is 82.4 Å². The zero-order valence-corrected chi connectivity index (χ0v) is 13.4. The summed E-state index contributed by atoms with van der Waals surface area (Å²) in [6, 6.07) is 14.2. The van der Waals surface area contributed by atoms with Gasteiger partial charge in [0.2, 0.25) is 0 Å². The van der Waals surface area contributed by atoms with Crippen LogP contribution in [0, 0.1) is 5.82 Å². The molecule has 0 unspecified atom stereocenters. The van der Waals surface area contributed by atoms with E-state index in [-0.39, 0.29) is 5.56 Å². The normalized spacial score (nSPS) is 10.5. The molecular formula is C19H15FN2O3. The number of nitrogens with zero attached hydrogens (tertiary/aromatic N) is 1. The standard InChI is InChI=1S/C19H15FN2O3/c1-21-14-6-2-12(3-7-14)17-10-18(23)16(19(24)25)11-22(17)15-8-4-13(20)5-9-15/h2-11,21H,1H3,(H,24,25). The van der Waals surface area contributed by atoms with Crippen molar-refractivity contribution in [1.82, 2.24) is 4.57 Å². The van der Waals surface area contributed by atoms with Crippen LogP contribution in [0.4, 0.5) is 10.1 Å². The molecule has 5 nitrogen and oxygen atoms in total. The largest absolute Gasteiger partial charge is 0.477 e. The SMILES string of the molecule is CNc1ccc(-c2cc(=O)c(C(=O)O)cn2-c2ccc(F)cc2)cc1. The number of hydrogen-bond acceptors (Lipinski definition) is 3. The molecule has 0 aliphatic carbocycles. The topological polar surface area (TPSA) is 71.3 Å². The minimum absolute atomic E-state index is 0.347. The van der Waals surface area contributed by atoms with Gasteiger partial charge in [-0.2, -0.15) is 0 Å². The van der Waals surface area contributed by atoms with Gasteiger partial charge in [0.05, 0.1) is 5.69 Å². The maximum absolute atomic E-state index is 13.2. The molecule has 0 aliphatic rings. The number of carboxylic acid groups (broad SMARTS) is 1. The Bertz CT molecular complexity index is 977. The number of anilines is 1. The summed E-state index contributed by atoms with van der Waals surface area (Å²) >= 11 is 0. The van der Waals surface area contributed by atoms with Gasteiger partial charge in [-0.15, -0.1) is 0 Å². The third-order valence-electron chi connectivity index (χ3n) is 3.86. The molecule has 25 heavy (non-hydrogen) atoms. The Labute approximate surface area is 143 Å². The first kappa shape index (κ1) is 16.4. The van der Waals surface area contributed by atoms with E-state index in [1.807, 2.05) is 24.3 Å². The predicted octanol–water partition coefficient (Wildman–Crippen LogP) is 3.38. The molecule has 0 bridgehead atoms. The van der Waals surface area contributed by atoms with Crippen molar-refractivity contribution in [3.63, 3.8) is 0 Å². The second kappa shape index (κ2) is 6.60. The molecule has 3 aromatic rings. The molecule has 1 aromatic heterocycles. The molecule has 2 N–H and O–H groups in total. The molecule has 0 fully saturated rings. The highest BCUT2D eigenvalue weighted by Gasteiger charge is 2.14. The number of nitrogens with one attached hydrogen (secondary N) is 1. The summed E-state index contributed by atoms with van der Waals surface area (Å²) in [5.74, 6) is -1.71. The molecular weight excluding hydrogens is 323 g/mol. The van der Waals surface area contributed by atoms with Crippen molar-refractivity contribution < 1.29 is 14.3 Å². The summed E-state index contributed by atoms with van der Waals surface area (Å²) in [7, 11) is 1.80. The fourth-order valence-electron chi connectivity index (χ4n) is 2.54. The van der Waals surface area contributed by atoms with E-state index < -0.39 is 17.2 Å². The number of aromatic carboxylic acids is 1. The molecule has 3 rings (SSSR count). The van der Waals surface area contributed by atoms with E-state index >= 15 is 0 Å². The van der Waals surface area contributed by atoms with E-state index in [1.54, 1.807) is 11.6 Å². The van der Waals surface area contributed by atoms with Crippen LogP contribution < -0.4 is 10.7 Å². The van der Waals surface area contributed by atoms with Crippen LogP contribution in [0.25, 0.3) is 16.9 Å². The van der Waals surface area contributed by atoms with E-state index in [0.717, 1.165) is 11.3 Å². The lowest BCUT2D eigenvalue weighted by atomic mass is 10.1. The number of halogens is 1. The molecule has 0 aliphatic heterocycles. The maximum atomic E-state index is 13.2. The van der Waals surface area contributed by atoms with Gasteiger partial charge >= 0.3 is 5.97 Å². The summed E-state index contributed by atoms with van der Waals surface area (Å²) in [5, 5.41) is 12.2. The number of aromatic nitrogens is 1. The van der Waals surface area contributed by atoms with Gasteiger partial charge in [-0.1, -0.05) is 12.1 Å². The van der Waals surface area contributed by atoms with E-state index in [0.29, 0.717) is 11.4 Å². The van der Waals surface area contributed by atoms with Crippen molar-refractivity contribution in [2.24, 2.45) is 0 Å². The lowest BCUT2D eigenvalue weighted by Crippen LogP contribution is -2.18. The molecule has 1 heterocycles. The van der Waals surface area contributed by atoms with E-state index in [9.17, 15) is 19.1 Å². The second-order valence-electron chi connectivity index (χ2n) is 5.42. The fraction of sp³-hybridized carbons (Fsp3) is 0.0526. The Balaban J connectivity index is 2.25. The number of rotatable bonds is 4. The van der Waals surface area contributed by atoms with E-state index in [1.165, 1.54) is 36.5 Å². The first-order valence-electron chi connectivity index (χ1n) is 7.54. The molecule has 6 heteroatoms. The lowest BCUT2D eigenvalue weighted by Gasteiger charge is -2.15. The highest BCUT2D eigenvalue weighted by Crippen LogP contribution is 2.24. The zero-order valence-electron chi connectivity index (χ0n) is 13.4. The Morgan fingerprint density at radius 1 is 1.08 bits per heavy atom. The number of benzene rings is 2. The van der Waals surface area contributed by atoms with Gasteiger partial charge in [0.15, 0.2) is 5.43 Å². The van der Waals surface area contributed by atoms with Gasteiger partial charge < -0.3 is 15.0 Å². The van der Waals surface area contributed by atoms with Gasteiger partial charge in [0.1, 0.15) is 11.4 Å². The van der Waals surface area contributed by atoms with Crippen LogP contribution in [0.5, 0.6) is 0 Å². The summed E-state index contributed by atoms with van der Waals surface area (Å²) in [6.07, 6.45) is 1.26. The Kier molecular flexibility index (Phi) is 4.35. The van der Waals surface area contributed by atoms with Gasteiger partial charge in [-0.3, -0.25) is 4.79 Å². The molecule has 0 radical (unpaired) electrons. The average Bonchev–Trinajstić information content (AvgIpc) is 2.62. The molecule has 0 saturated carbocycles. The van der Waals surface area contributed by atoms with E-state index in [4.69, 9.17) is 0 Å². The van der Waals surface area contributed by atoms with Crippen LogP contribution in [0.15, 0.2) is 65.6 Å². The molecule has 0 saturated heterocycles.